The molecule has 1 saturated heterocycles. The van der Waals surface area contributed by atoms with Gasteiger partial charge in [0.05, 0.1) is 12.2 Å². The highest BCUT2D eigenvalue weighted by Gasteiger charge is 2.27. The van der Waals surface area contributed by atoms with Gasteiger partial charge in [0.15, 0.2) is 0 Å². The van der Waals surface area contributed by atoms with E-state index >= 15 is 0 Å². The Hall–Kier alpha value is -1.75. The predicted octanol–water partition coefficient (Wildman–Crippen LogP) is 3.24. The van der Waals surface area contributed by atoms with E-state index in [1.165, 1.54) is 12.8 Å². The molecular weight excluding hydrogens is 292 g/mol. The van der Waals surface area contributed by atoms with E-state index in [0.717, 1.165) is 30.7 Å². The smallest absolute Gasteiger partial charge is 0.321 e. The summed E-state index contributed by atoms with van der Waals surface area (Å²) in [5.74, 6) is 1.06. The Bertz CT molecular complexity index is 543. The molecule has 1 aliphatic heterocycles. The molecule has 5 nitrogen and oxygen atoms in total. The number of carbonyl (C=O) groups excluding carboxylic acids is 1. The lowest BCUT2D eigenvalue weighted by molar-refractivity contribution is 0.0464. The van der Waals surface area contributed by atoms with Gasteiger partial charge in [0.2, 0.25) is 0 Å². The van der Waals surface area contributed by atoms with Gasteiger partial charge in [-0.15, -0.1) is 0 Å². The largest absolute Gasteiger partial charge is 0.490 e. The predicted molar refractivity (Wildman–Crippen MR) is 89.7 cm³/mol. The van der Waals surface area contributed by atoms with Gasteiger partial charge in [-0.25, -0.2) is 4.79 Å². The van der Waals surface area contributed by atoms with Crippen LogP contribution in [0.3, 0.4) is 0 Å². The number of hydrogen-bond acceptors (Lipinski definition) is 3. The Morgan fingerprint density at radius 2 is 2.09 bits per heavy atom. The summed E-state index contributed by atoms with van der Waals surface area (Å²) in [4.78, 5) is 14.0. The number of urea groups is 1. The molecule has 0 bridgehead atoms. The Kier molecular flexibility index (Phi) is 5.06. The number of nitrogens with zero attached hydrogens (tertiary/aromatic N) is 1. The van der Waals surface area contributed by atoms with E-state index in [2.05, 4.69) is 5.32 Å². The Morgan fingerprint density at radius 1 is 1.30 bits per heavy atom. The number of piperidine rings is 1. The van der Waals surface area contributed by atoms with Crippen LogP contribution in [0.4, 0.5) is 10.5 Å². The van der Waals surface area contributed by atoms with Crippen molar-refractivity contribution in [3.05, 3.63) is 24.3 Å². The number of benzene rings is 1. The molecule has 1 aliphatic carbocycles. The van der Waals surface area contributed by atoms with E-state index < -0.39 is 6.10 Å². The van der Waals surface area contributed by atoms with Crippen LogP contribution in [0.5, 0.6) is 5.75 Å². The summed E-state index contributed by atoms with van der Waals surface area (Å²) in [6.07, 6.45) is 5.39. The van der Waals surface area contributed by atoms with E-state index in [9.17, 15) is 9.90 Å². The summed E-state index contributed by atoms with van der Waals surface area (Å²) in [7, 11) is 0. The first kappa shape index (κ1) is 16.1. The number of aliphatic hydroxyl groups excluding tert-OH is 1. The van der Waals surface area contributed by atoms with E-state index in [1.807, 2.05) is 31.2 Å². The minimum absolute atomic E-state index is 0.158. The number of nitrogens with one attached hydrogen (secondary N) is 1. The van der Waals surface area contributed by atoms with Crippen molar-refractivity contribution in [2.24, 2.45) is 5.92 Å². The number of hydrogen-bond donors (Lipinski definition) is 2. The highest BCUT2D eigenvalue weighted by atomic mass is 16.5. The number of ether oxygens (including phenoxy) is 1. The first-order chi connectivity index (χ1) is 11.1. The summed E-state index contributed by atoms with van der Waals surface area (Å²) >= 11 is 0. The van der Waals surface area contributed by atoms with E-state index in [1.54, 1.807) is 4.90 Å². The Balaban J connectivity index is 1.57. The third kappa shape index (κ3) is 4.16. The van der Waals surface area contributed by atoms with Crippen molar-refractivity contribution in [3.8, 4) is 5.75 Å². The van der Waals surface area contributed by atoms with Crippen LogP contribution in [0.15, 0.2) is 24.3 Å². The molecule has 1 aromatic carbocycles. The van der Waals surface area contributed by atoms with Crippen molar-refractivity contribution < 1.29 is 14.6 Å². The maximum Gasteiger partial charge on any atom is 0.321 e. The molecule has 0 spiro atoms. The lowest BCUT2D eigenvalue weighted by Gasteiger charge is -2.34. The third-order valence-corrected chi connectivity index (χ3v) is 4.90. The molecule has 2 aliphatic rings. The van der Waals surface area contributed by atoms with Crippen LogP contribution in [-0.4, -0.2) is 41.3 Å². The van der Waals surface area contributed by atoms with Crippen molar-refractivity contribution in [1.82, 2.24) is 4.90 Å². The first-order valence-corrected chi connectivity index (χ1v) is 8.62. The summed E-state index contributed by atoms with van der Waals surface area (Å²) in [6.45, 7) is 3.09. The van der Waals surface area contributed by atoms with Gasteiger partial charge in [-0.05, 0) is 50.2 Å². The zero-order chi connectivity index (χ0) is 16.2. The zero-order valence-corrected chi connectivity index (χ0v) is 13.7. The fourth-order valence-corrected chi connectivity index (χ4v) is 3.28. The van der Waals surface area contributed by atoms with Crippen LogP contribution >= 0.6 is 0 Å². The van der Waals surface area contributed by atoms with Crippen LogP contribution in [-0.2, 0) is 0 Å². The van der Waals surface area contributed by atoms with Gasteiger partial charge in [-0.3, -0.25) is 0 Å². The first-order valence-electron chi connectivity index (χ1n) is 8.62. The van der Waals surface area contributed by atoms with Crippen LogP contribution < -0.4 is 10.1 Å². The Morgan fingerprint density at radius 3 is 2.83 bits per heavy atom. The molecule has 2 atom stereocenters. The average molecular weight is 318 g/mol. The Labute approximate surface area is 137 Å². The number of anilines is 1. The van der Waals surface area contributed by atoms with Crippen LogP contribution in [0.25, 0.3) is 0 Å². The average Bonchev–Trinajstić information content (AvgIpc) is 3.03. The topological polar surface area (TPSA) is 61.8 Å². The number of rotatable bonds is 3. The molecule has 2 N–H and O–H groups in total. The van der Waals surface area contributed by atoms with E-state index in [0.29, 0.717) is 19.2 Å². The molecule has 2 fully saturated rings. The summed E-state index contributed by atoms with van der Waals surface area (Å²) in [5, 5.41) is 12.8. The molecule has 1 saturated carbocycles. The minimum atomic E-state index is -0.438. The molecule has 0 aromatic heterocycles. The second kappa shape index (κ2) is 7.21. The molecular formula is C18H26N2O3. The van der Waals surface area contributed by atoms with Gasteiger partial charge in [-0.2, -0.15) is 0 Å². The fraction of sp³-hybridized carbons (Fsp3) is 0.611. The maximum atomic E-state index is 12.3. The maximum absolute atomic E-state index is 12.3. The van der Waals surface area contributed by atoms with Gasteiger partial charge in [0.25, 0.3) is 0 Å². The number of aliphatic hydroxyl groups is 1. The van der Waals surface area contributed by atoms with Gasteiger partial charge < -0.3 is 20.1 Å². The lowest BCUT2D eigenvalue weighted by atomic mass is 9.96. The molecule has 1 aromatic rings. The van der Waals surface area contributed by atoms with Crippen molar-refractivity contribution in [3.63, 3.8) is 0 Å². The monoisotopic (exact) mass is 318 g/mol. The summed E-state index contributed by atoms with van der Waals surface area (Å²) in [5.41, 5.74) is 0.735. The molecule has 3 rings (SSSR count). The minimum Gasteiger partial charge on any atom is -0.490 e. The van der Waals surface area contributed by atoms with E-state index in [-0.39, 0.29) is 11.9 Å². The highest BCUT2D eigenvalue weighted by molar-refractivity contribution is 5.89. The van der Waals surface area contributed by atoms with Crippen molar-refractivity contribution >= 4 is 11.7 Å². The number of β-amino-alcohol motifs (C(OH)–C–C–N with tert-alkyl or cyclic N) is 1. The van der Waals surface area contributed by atoms with Crippen molar-refractivity contribution in [2.75, 3.05) is 18.4 Å². The second-order valence-corrected chi connectivity index (χ2v) is 6.76. The lowest BCUT2D eigenvalue weighted by Crippen LogP contribution is -2.47. The standard InChI is InChI=1S/C18H26N2O3/c1-13-9-10-20(12-17(13)21)18(22)19-14-5-4-8-16(11-14)23-15-6-2-3-7-15/h4-5,8,11,13,15,17,21H,2-3,6-7,9-10,12H2,1H3,(H,19,22). The summed E-state index contributed by atoms with van der Waals surface area (Å²) < 4.78 is 5.97. The van der Waals surface area contributed by atoms with E-state index in [4.69, 9.17) is 4.74 Å². The molecule has 126 valence electrons. The quantitative estimate of drug-likeness (QED) is 0.899. The molecule has 2 amide bonds. The van der Waals surface area contributed by atoms with Gasteiger partial charge in [-0.1, -0.05) is 13.0 Å². The molecule has 2 unspecified atom stereocenters. The SMILES string of the molecule is CC1CCN(C(=O)Nc2cccc(OC3CCCC3)c2)CC1O. The van der Waals surface area contributed by atoms with Gasteiger partial charge in [0.1, 0.15) is 5.75 Å². The van der Waals surface area contributed by atoms with Crippen LogP contribution in [0.1, 0.15) is 39.0 Å². The number of amides is 2. The summed E-state index contributed by atoms with van der Waals surface area (Å²) in [6, 6.07) is 7.41. The van der Waals surface area contributed by atoms with Gasteiger partial charge in [0, 0.05) is 24.8 Å². The zero-order valence-electron chi connectivity index (χ0n) is 13.7. The van der Waals surface area contributed by atoms with Crippen LogP contribution in [0.2, 0.25) is 0 Å². The second-order valence-electron chi connectivity index (χ2n) is 6.76. The highest BCUT2D eigenvalue weighted by Crippen LogP contribution is 2.26. The van der Waals surface area contributed by atoms with Gasteiger partial charge >= 0.3 is 6.03 Å². The fourth-order valence-electron chi connectivity index (χ4n) is 3.28. The number of carbonyl (C=O) groups is 1. The molecule has 23 heavy (non-hydrogen) atoms. The van der Waals surface area contributed by atoms with Crippen molar-refractivity contribution in [2.45, 2.75) is 51.2 Å². The van der Waals surface area contributed by atoms with Crippen molar-refractivity contribution in [1.29, 1.82) is 0 Å². The van der Waals surface area contributed by atoms with Crippen LogP contribution in [0, 0.1) is 5.92 Å². The normalized spacial score (nSPS) is 25.4. The molecule has 5 heteroatoms. The number of likely N-dealkylation sites (tertiary alicyclic amines) is 1. The molecule has 0 radical (unpaired) electrons. The molecule has 1 heterocycles. The third-order valence-electron chi connectivity index (χ3n) is 4.90.